The number of nitrogens with one attached hydrogen (secondary N) is 1. The molecule has 9 heteroatoms. The molecule has 9 nitrogen and oxygen atoms in total. The molecule has 0 aliphatic heterocycles. The molecule has 25 heavy (non-hydrogen) atoms. The molecule has 0 radical (unpaired) electrons. The lowest BCUT2D eigenvalue weighted by Crippen LogP contribution is -2.14. The number of benzene rings is 1. The van der Waals surface area contributed by atoms with Gasteiger partial charge in [-0.15, -0.1) is 0 Å². The van der Waals surface area contributed by atoms with Gasteiger partial charge in [0.2, 0.25) is 0 Å². The quantitative estimate of drug-likeness (QED) is 0.606. The number of methoxy groups -OCH3 is 1. The molecule has 1 aromatic carbocycles. The summed E-state index contributed by atoms with van der Waals surface area (Å²) in [6, 6.07) is 5.22. The molecule has 0 bridgehead atoms. The number of aromatic amines is 1. The fraction of sp³-hybridized carbons (Fsp3) is 0.250. The Balaban J connectivity index is 2.30. The van der Waals surface area contributed by atoms with Crippen LogP contribution in [0.2, 0.25) is 0 Å². The van der Waals surface area contributed by atoms with Gasteiger partial charge < -0.3 is 19.6 Å². The Morgan fingerprint density at radius 3 is 2.60 bits per heavy atom. The number of H-pyrrole nitrogens is 1. The summed E-state index contributed by atoms with van der Waals surface area (Å²) in [6.45, 7) is 3.80. The molecule has 0 atom stereocenters. The SMILES string of the molecule is COc1cc(/C=C/c2nc(O)c([N+](=O)[O-])c(=O)[nH]2)ccc1OC(C)C. The van der Waals surface area contributed by atoms with Crippen LogP contribution in [0.5, 0.6) is 17.4 Å². The van der Waals surface area contributed by atoms with Crippen molar-refractivity contribution in [3.05, 3.63) is 50.1 Å². The van der Waals surface area contributed by atoms with Gasteiger partial charge in [0.25, 0.3) is 5.88 Å². The van der Waals surface area contributed by atoms with Crippen molar-refractivity contribution in [2.45, 2.75) is 20.0 Å². The summed E-state index contributed by atoms with van der Waals surface area (Å²) in [7, 11) is 1.52. The monoisotopic (exact) mass is 347 g/mol. The Morgan fingerprint density at radius 1 is 1.32 bits per heavy atom. The van der Waals surface area contributed by atoms with E-state index in [1.165, 1.54) is 13.2 Å². The fourth-order valence-electron chi connectivity index (χ4n) is 2.03. The molecule has 0 amide bonds. The first kappa shape index (κ1) is 18.0. The number of nitro groups is 1. The Labute approximate surface area is 142 Å². The van der Waals surface area contributed by atoms with Crippen LogP contribution in [0.25, 0.3) is 12.2 Å². The second-order valence-electron chi connectivity index (χ2n) is 5.29. The van der Waals surface area contributed by atoms with Crippen molar-refractivity contribution in [2.24, 2.45) is 0 Å². The zero-order chi connectivity index (χ0) is 18.6. The van der Waals surface area contributed by atoms with E-state index in [2.05, 4.69) is 9.97 Å². The molecule has 0 aliphatic carbocycles. The van der Waals surface area contributed by atoms with Gasteiger partial charge >= 0.3 is 11.2 Å². The van der Waals surface area contributed by atoms with Crippen molar-refractivity contribution in [1.29, 1.82) is 0 Å². The molecule has 1 heterocycles. The highest BCUT2D eigenvalue weighted by Crippen LogP contribution is 2.29. The van der Waals surface area contributed by atoms with Crippen LogP contribution in [0.15, 0.2) is 23.0 Å². The lowest BCUT2D eigenvalue weighted by atomic mass is 10.2. The summed E-state index contributed by atoms with van der Waals surface area (Å²) >= 11 is 0. The van der Waals surface area contributed by atoms with Crippen LogP contribution >= 0.6 is 0 Å². The zero-order valence-electron chi connectivity index (χ0n) is 13.8. The van der Waals surface area contributed by atoms with E-state index in [-0.39, 0.29) is 11.9 Å². The first-order valence-electron chi connectivity index (χ1n) is 7.32. The zero-order valence-corrected chi connectivity index (χ0v) is 13.8. The number of rotatable bonds is 6. The highest BCUT2D eigenvalue weighted by molar-refractivity contribution is 5.68. The maximum absolute atomic E-state index is 11.6. The molecule has 0 spiro atoms. The predicted molar refractivity (Wildman–Crippen MR) is 90.9 cm³/mol. The summed E-state index contributed by atoms with van der Waals surface area (Å²) in [6.07, 6.45) is 3.00. The minimum Gasteiger partial charge on any atom is -0.493 e. The first-order valence-corrected chi connectivity index (χ1v) is 7.32. The normalized spacial score (nSPS) is 11.0. The third-order valence-electron chi connectivity index (χ3n) is 3.06. The third-order valence-corrected chi connectivity index (χ3v) is 3.06. The van der Waals surface area contributed by atoms with Crippen LogP contribution in [0.3, 0.4) is 0 Å². The largest absolute Gasteiger partial charge is 0.493 e. The number of nitrogens with zero attached hydrogens (tertiary/aromatic N) is 2. The highest BCUT2D eigenvalue weighted by Gasteiger charge is 2.21. The van der Waals surface area contributed by atoms with E-state index in [0.717, 1.165) is 0 Å². The van der Waals surface area contributed by atoms with E-state index < -0.39 is 22.0 Å². The van der Waals surface area contributed by atoms with Crippen molar-refractivity contribution in [2.75, 3.05) is 7.11 Å². The van der Waals surface area contributed by atoms with E-state index >= 15 is 0 Å². The lowest BCUT2D eigenvalue weighted by molar-refractivity contribution is -0.387. The molecule has 0 saturated carbocycles. The van der Waals surface area contributed by atoms with Crippen molar-refractivity contribution in [3.8, 4) is 17.4 Å². The molecule has 0 unspecified atom stereocenters. The van der Waals surface area contributed by atoms with Crippen LogP contribution in [-0.2, 0) is 0 Å². The van der Waals surface area contributed by atoms with Crippen molar-refractivity contribution in [1.82, 2.24) is 9.97 Å². The fourth-order valence-corrected chi connectivity index (χ4v) is 2.03. The summed E-state index contributed by atoms with van der Waals surface area (Å²) < 4.78 is 10.9. The molecule has 0 saturated heterocycles. The maximum atomic E-state index is 11.6. The lowest BCUT2D eigenvalue weighted by Gasteiger charge is -2.13. The smallest absolute Gasteiger partial charge is 0.395 e. The molecule has 132 valence electrons. The molecule has 0 aliphatic rings. The van der Waals surface area contributed by atoms with E-state index in [4.69, 9.17) is 9.47 Å². The van der Waals surface area contributed by atoms with E-state index in [1.807, 2.05) is 13.8 Å². The van der Waals surface area contributed by atoms with Crippen molar-refractivity contribution < 1.29 is 19.5 Å². The van der Waals surface area contributed by atoms with Gasteiger partial charge in [0.1, 0.15) is 5.82 Å². The van der Waals surface area contributed by atoms with Gasteiger partial charge in [0, 0.05) is 0 Å². The molecule has 2 aromatic rings. The van der Waals surface area contributed by atoms with Crippen LogP contribution in [0.1, 0.15) is 25.2 Å². The number of hydrogen-bond acceptors (Lipinski definition) is 7. The summed E-state index contributed by atoms with van der Waals surface area (Å²) in [5, 5.41) is 20.2. The average Bonchev–Trinajstić information content (AvgIpc) is 2.52. The molecular weight excluding hydrogens is 330 g/mol. The first-order chi connectivity index (χ1) is 11.8. The Hall–Kier alpha value is -3.36. The second-order valence-corrected chi connectivity index (χ2v) is 5.29. The topological polar surface area (TPSA) is 128 Å². The van der Waals surface area contributed by atoms with Crippen molar-refractivity contribution >= 4 is 17.8 Å². The molecule has 1 aromatic heterocycles. The Kier molecular flexibility index (Phi) is 5.38. The van der Waals surface area contributed by atoms with Crippen LogP contribution < -0.4 is 15.0 Å². The summed E-state index contributed by atoms with van der Waals surface area (Å²) in [5.41, 5.74) is -1.31. The highest BCUT2D eigenvalue weighted by atomic mass is 16.6. The van der Waals surface area contributed by atoms with Crippen LogP contribution in [0.4, 0.5) is 5.69 Å². The van der Waals surface area contributed by atoms with Gasteiger partial charge in [-0.2, -0.15) is 4.98 Å². The average molecular weight is 347 g/mol. The number of hydrogen-bond donors (Lipinski definition) is 2. The second kappa shape index (κ2) is 7.47. The van der Waals surface area contributed by atoms with E-state index in [0.29, 0.717) is 17.1 Å². The third kappa shape index (κ3) is 4.34. The van der Waals surface area contributed by atoms with Crippen molar-refractivity contribution in [3.63, 3.8) is 0 Å². The number of ether oxygens (including phenoxy) is 2. The summed E-state index contributed by atoms with van der Waals surface area (Å²) in [5.74, 6) is 0.166. The van der Waals surface area contributed by atoms with Gasteiger partial charge in [-0.25, -0.2) is 0 Å². The van der Waals surface area contributed by atoms with E-state index in [1.54, 1.807) is 24.3 Å². The van der Waals surface area contributed by atoms with Crippen LogP contribution in [-0.4, -0.2) is 33.2 Å². The van der Waals surface area contributed by atoms with Gasteiger partial charge in [-0.3, -0.25) is 14.9 Å². The number of aromatic nitrogens is 2. The predicted octanol–water partition coefficient (Wildman–Crippen LogP) is 2.35. The molecular formula is C16H17N3O6. The van der Waals surface area contributed by atoms with Gasteiger partial charge in [-0.1, -0.05) is 12.1 Å². The molecule has 2 rings (SSSR count). The molecule has 0 fully saturated rings. The minimum absolute atomic E-state index is 0.00680. The number of aromatic hydroxyl groups is 1. The standard InChI is InChI=1S/C16H17N3O6/c1-9(2)25-11-6-4-10(8-12(11)24-3)5-7-13-17-15(20)14(19(22)23)16(21)18-13/h4-9H,1-3H3,(H2,17,18,20,21)/b7-5+. The summed E-state index contributed by atoms with van der Waals surface area (Å²) in [4.78, 5) is 27.1. The van der Waals surface area contributed by atoms with Crippen LogP contribution in [0, 0.1) is 10.1 Å². The minimum atomic E-state index is -1.03. The maximum Gasteiger partial charge on any atom is 0.395 e. The Bertz CT molecular complexity index is 873. The van der Waals surface area contributed by atoms with Gasteiger partial charge in [-0.05, 0) is 37.6 Å². The Morgan fingerprint density at radius 2 is 2.04 bits per heavy atom. The van der Waals surface area contributed by atoms with Gasteiger partial charge in [0.05, 0.1) is 18.1 Å². The molecule has 2 N–H and O–H groups in total. The van der Waals surface area contributed by atoms with Gasteiger partial charge in [0.15, 0.2) is 11.5 Å². The van der Waals surface area contributed by atoms with E-state index in [9.17, 15) is 20.0 Å².